The van der Waals surface area contributed by atoms with E-state index in [0.717, 1.165) is 6.42 Å². The molecule has 8 heteroatoms. The van der Waals surface area contributed by atoms with Crippen LogP contribution in [0.15, 0.2) is 0 Å². The third-order valence-corrected chi connectivity index (χ3v) is 3.57. The number of rotatable bonds is 5. The maximum Gasteiger partial charge on any atom is 0.334 e. The standard InChI is InChI=1S/C12H18N4O4/c1-3-4-9-10(16(19)20)11(14(2)13-9)15-6-5-8(7-15)12(17)18/h8H,3-7H2,1-2H3,(H,17,18). The molecule has 1 aliphatic rings. The van der Waals surface area contributed by atoms with Crippen LogP contribution in [-0.2, 0) is 18.3 Å². The lowest BCUT2D eigenvalue weighted by Crippen LogP contribution is -2.25. The molecule has 110 valence electrons. The average molecular weight is 282 g/mol. The van der Waals surface area contributed by atoms with Gasteiger partial charge in [0, 0.05) is 20.1 Å². The van der Waals surface area contributed by atoms with Gasteiger partial charge in [0.2, 0.25) is 5.82 Å². The molecule has 1 aliphatic heterocycles. The average Bonchev–Trinajstić information content (AvgIpc) is 2.93. The van der Waals surface area contributed by atoms with E-state index < -0.39 is 16.8 Å². The highest BCUT2D eigenvalue weighted by Crippen LogP contribution is 2.35. The highest BCUT2D eigenvalue weighted by Gasteiger charge is 2.36. The number of nitro groups is 1. The van der Waals surface area contributed by atoms with Gasteiger partial charge in [-0.2, -0.15) is 5.10 Å². The third kappa shape index (κ3) is 2.45. The van der Waals surface area contributed by atoms with Gasteiger partial charge in [-0.1, -0.05) is 13.3 Å². The molecule has 0 bridgehead atoms. The Labute approximate surface area is 116 Å². The molecule has 1 saturated heterocycles. The number of aromatic nitrogens is 2. The summed E-state index contributed by atoms with van der Waals surface area (Å²) in [6, 6.07) is 0. The molecule has 1 aromatic heterocycles. The molecule has 20 heavy (non-hydrogen) atoms. The van der Waals surface area contributed by atoms with E-state index in [0.29, 0.717) is 37.4 Å². The van der Waals surface area contributed by atoms with Crippen LogP contribution in [0.4, 0.5) is 11.5 Å². The molecule has 1 aromatic rings. The molecule has 1 unspecified atom stereocenters. The summed E-state index contributed by atoms with van der Waals surface area (Å²) in [5.41, 5.74) is 0.481. The Bertz CT molecular complexity index is 540. The van der Waals surface area contributed by atoms with E-state index in [1.54, 1.807) is 11.9 Å². The Morgan fingerprint density at radius 2 is 2.30 bits per heavy atom. The van der Waals surface area contributed by atoms with Gasteiger partial charge in [0.05, 0.1) is 10.8 Å². The first-order chi connectivity index (χ1) is 9.45. The zero-order valence-electron chi connectivity index (χ0n) is 11.6. The smallest absolute Gasteiger partial charge is 0.334 e. The van der Waals surface area contributed by atoms with Crippen LogP contribution < -0.4 is 4.90 Å². The van der Waals surface area contributed by atoms with Crippen molar-refractivity contribution >= 4 is 17.5 Å². The number of hydrogen-bond donors (Lipinski definition) is 1. The number of carbonyl (C=O) groups is 1. The summed E-state index contributed by atoms with van der Waals surface area (Å²) >= 11 is 0. The van der Waals surface area contributed by atoms with Crippen molar-refractivity contribution < 1.29 is 14.8 Å². The van der Waals surface area contributed by atoms with E-state index in [1.807, 2.05) is 6.92 Å². The van der Waals surface area contributed by atoms with Crippen molar-refractivity contribution in [3.05, 3.63) is 15.8 Å². The number of carboxylic acids is 1. The Morgan fingerprint density at radius 3 is 2.80 bits per heavy atom. The van der Waals surface area contributed by atoms with Gasteiger partial charge < -0.3 is 10.0 Å². The Balaban J connectivity index is 2.36. The number of hydrogen-bond acceptors (Lipinski definition) is 5. The monoisotopic (exact) mass is 282 g/mol. The molecule has 2 heterocycles. The van der Waals surface area contributed by atoms with E-state index in [9.17, 15) is 14.9 Å². The molecular formula is C12H18N4O4. The lowest BCUT2D eigenvalue weighted by molar-refractivity contribution is -0.384. The zero-order chi connectivity index (χ0) is 14.9. The minimum Gasteiger partial charge on any atom is -0.481 e. The van der Waals surface area contributed by atoms with Crippen LogP contribution in [0.3, 0.4) is 0 Å². The molecule has 0 radical (unpaired) electrons. The first-order valence-corrected chi connectivity index (χ1v) is 6.63. The predicted octanol–water partition coefficient (Wildman–Crippen LogP) is 1.19. The fourth-order valence-electron chi connectivity index (χ4n) is 2.66. The maximum atomic E-state index is 11.3. The van der Waals surface area contributed by atoms with E-state index in [4.69, 9.17) is 5.11 Å². The molecule has 0 saturated carbocycles. The van der Waals surface area contributed by atoms with Crippen molar-refractivity contribution in [3.63, 3.8) is 0 Å². The van der Waals surface area contributed by atoms with Crippen molar-refractivity contribution in [2.75, 3.05) is 18.0 Å². The topological polar surface area (TPSA) is 102 Å². The highest BCUT2D eigenvalue weighted by molar-refractivity contribution is 5.73. The molecule has 1 atom stereocenters. The summed E-state index contributed by atoms with van der Waals surface area (Å²) in [5, 5.41) is 24.6. The number of nitrogens with zero attached hydrogens (tertiary/aromatic N) is 4. The molecule has 8 nitrogen and oxygen atoms in total. The van der Waals surface area contributed by atoms with E-state index in [1.165, 1.54) is 4.68 Å². The first-order valence-electron chi connectivity index (χ1n) is 6.63. The van der Waals surface area contributed by atoms with Crippen LogP contribution in [0, 0.1) is 16.0 Å². The van der Waals surface area contributed by atoms with E-state index in [-0.39, 0.29) is 5.69 Å². The van der Waals surface area contributed by atoms with Crippen LogP contribution in [-0.4, -0.2) is 38.9 Å². The number of aryl methyl sites for hydroxylation is 2. The summed E-state index contributed by atoms with van der Waals surface area (Å²) < 4.78 is 1.49. The van der Waals surface area contributed by atoms with Gasteiger partial charge >= 0.3 is 11.7 Å². The van der Waals surface area contributed by atoms with Crippen LogP contribution in [0.2, 0.25) is 0 Å². The summed E-state index contributed by atoms with van der Waals surface area (Å²) in [4.78, 5) is 23.7. The molecule has 2 rings (SSSR count). The summed E-state index contributed by atoms with van der Waals surface area (Å²) in [6.45, 7) is 2.73. The van der Waals surface area contributed by atoms with Crippen molar-refractivity contribution in [3.8, 4) is 0 Å². The summed E-state index contributed by atoms with van der Waals surface area (Å²) in [7, 11) is 1.66. The Morgan fingerprint density at radius 1 is 1.60 bits per heavy atom. The van der Waals surface area contributed by atoms with Crippen molar-refractivity contribution in [2.45, 2.75) is 26.2 Å². The zero-order valence-corrected chi connectivity index (χ0v) is 11.6. The fraction of sp³-hybridized carbons (Fsp3) is 0.667. The van der Waals surface area contributed by atoms with Gasteiger partial charge in [0.1, 0.15) is 5.69 Å². The first kappa shape index (κ1) is 14.3. The second-order valence-corrected chi connectivity index (χ2v) is 5.02. The van der Waals surface area contributed by atoms with Gasteiger partial charge in [0.25, 0.3) is 0 Å². The van der Waals surface area contributed by atoms with Crippen LogP contribution in [0.1, 0.15) is 25.5 Å². The van der Waals surface area contributed by atoms with Gasteiger partial charge in [-0.15, -0.1) is 0 Å². The second kappa shape index (κ2) is 5.48. The van der Waals surface area contributed by atoms with Crippen LogP contribution in [0.25, 0.3) is 0 Å². The minimum atomic E-state index is -0.855. The number of carboxylic acid groups (broad SMARTS) is 1. The molecule has 0 aromatic carbocycles. The van der Waals surface area contributed by atoms with Crippen LogP contribution in [0.5, 0.6) is 0 Å². The lowest BCUT2D eigenvalue weighted by atomic mass is 10.1. The second-order valence-electron chi connectivity index (χ2n) is 5.02. The summed E-state index contributed by atoms with van der Waals surface area (Å²) in [5.74, 6) is -0.910. The summed E-state index contributed by atoms with van der Waals surface area (Å²) in [6.07, 6.45) is 1.82. The lowest BCUT2D eigenvalue weighted by Gasteiger charge is -2.16. The molecule has 0 spiro atoms. The molecular weight excluding hydrogens is 264 g/mol. The minimum absolute atomic E-state index is 0.0142. The van der Waals surface area contributed by atoms with E-state index >= 15 is 0 Å². The van der Waals surface area contributed by atoms with Gasteiger partial charge in [-0.3, -0.25) is 14.9 Å². The maximum absolute atomic E-state index is 11.3. The highest BCUT2D eigenvalue weighted by atomic mass is 16.6. The van der Waals surface area contributed by atoms with Crippen molar-refractivity contribution in [2.24, 2.45) is 13.0 Å². The molecule has 1 N–H and O–H groups in total. The Kier molecular flexibility index (Phi) is 3.91. The van der Waals surface area contributed by atoms with Gasteiger partial charge in [0.15, 0.2) is 0 Å². The van der Waals surface area contributed by atoms with Crippen molar-refractivity contribution in [1.82, 2.24) is 9.78 Å². The largest absolute Gasteiger partial charge is 0.481 e. The van der Waals surface area contributed by atoms with Crippen LogP contribution >= 0.6 is 0 Å². The molecule has 1 fully saturated rings. The van der Waals surface area contributed by atoms with Gasteiger partial charge in [-0.25, -0.2) is 4.68 Å². The fourth-order valence-corrected chi connectivity index (χ4v) is 2.66. The molecule has 0 aliphatic carbocycles. The molecule has 0 amide bonds. The van der Waals surface area contributed by atoms with Crippen molar-refractivity contribution in [1.29, 1.82) is 0 Å². The quantitative estimate of drug-likeness (QED) is 0.643. The number of aliphatic carboxylic acids is 1. The SMILES string of the molecule is CCCc1nn(C)c(N2CCC(C(=O)O)C2)c1[N+](=O)[O-]. The number of anilines is 1. The third-order valence-electron chi connectivity index (χ3n) is 3.57. The Hall–Kier alpha value is -2.12. The predicted molar refractivity (Wildman–Crippen MR) is 71.8 cm³/mol. The normalized spacial score (nSPS) is 18.5. The van der Waals surface area contributed by atoms with Gasteiger partial charge in [-0.05, 0) is 12.8 Å². The van der Waals surface area contributed by atoms with E-state index in [2.05, 4.69) is 5.10 Å².